The predicted molar refractivity (Wildman–Crippen MR) is 68.3 cm³/mol. The minimum Gasteiger partial charge on any atom is -0.326 e. The fourth-order valence-corrected chi connectivity index (χ4v) is 2.74. The zero-order chi connectivity index (χ0) is 11.4. The summed E-state index contributed by atoms with van der Waals surface area (Å²) in [5.74, 6) is 0. The van der Waals surface area contributed by atoms with Gasteiger partial charge in [0.15, 0.2) is 0 Å². The van der Waals surface area contributed by atoms with Gasteiger partial charge in [0.05, 0.1) is 0 Å². The third-order valence-electron chi connectivity index (χ3n) is 3.43. The summed E-state index contributed by atoms with van der Waals surface area (Å²) in [4.78, 5) is 2.55. The van der Waals surface area contributed by atoms with E-state index in [1.165, 1.54) is 24.9 Å². The molecule has 2 rings (SSSR count). The Hall–Kier alpha value is -0.860. The second-order valence-corrected chi connectivity index (χ2v) is 4.70. The quantitative estimate of drug-likeness (QED) is 0.845. The summed E-state index contributed by atoms with van der Waals surface area (Å²) in [7, 11) is 0. The Morgan fingerprint density at radius 1 is 1.31 bits per heavy atom. The lowest BCUT2D eigenvalue weighted by Gasteiger charge is -2.40. The molecule has 2 unspecified atom stereocenters. The lowest BCUT2D eigenvalue weighted by molar-refractivity contribution is 0.128. The van der Waals surface area contributed by atoms with Crippen molar-refractivity contribution in [1.29, 1.82) is 0 Å². The maximum absolute atomic E-state index is 6.29. The van der Waals surface area contributed by atoms with Crippen LogP contribution in [0, 0.1) is 0 Å². The van der Waals surface area contributed by atoms with Crippen LogP contribution in [0.5, 0.6) is 0 Å². The standard InChI is InChI=1S/C14H22N2/c1-2-10-16-11-6-9-13(15)14(16)12-7-4-3-5-8-12/h3-5,7-8,13-14H,2,6,9-11,15H2,1H3. The van der Waals surface area contributed by atoms with Crippen LogP contribution < -0.4 is 5.73 Å². The topological polar surface area (TPSA) is 29.3 Å². The van der Waals surface area contributed by atoms with E-state index in [1.807, 2.05) is 0 Å². The number of nitrogens with two attached hydrogens (primary N) is 1. The summed E-state index contributed by atoms with van der Waals surface area (Å²) >= 11 is 0. The van der Waals surface area contributed by atoms with Gasteiger partial charge in [0, 0.05) is 12.1 Å². The lowest BCUT2D eigenvalue weighted by atomic mass is 9.91. The van der Waals surface area contributed by atoms with Crippen LogP contribution in [0.2, 0.25) is 0 Å². The van der Waals surface area contributed by atoms with Gasteiger partial charge in [-0.3, -0.25) is 4.90 Å². The Bertz CT molecular complexity index is 308. The second kappa shape index (κ2) is 5.46. The first-order valence-corrected chi connectivity index (χ1v) is 6.37. The highest BCUT2D eigenvalue weighted by molar-refractivity contribution is 5.21. The average Bonchev–Trinajstić information content (AvgIpc) is 2.31. The fraction of sp³-hybridized carbons (Fsp3) is 0.571. The van der Waals surface area contributed by atoms with Gasteiger partial charge < -0.3 is 5.73 Å². The third kappa shape index (κ3) is 2.45. The Balaban J connectivity index is 2.19. The highest BCUT2D eigenvalue weighted by Crippen LogP contribution is 2.29. The molecule has 0 spiro atoms. The first-order chi connectivity index (χ1) is 7.83. The summed E-state index contributed by atoms with van der Waals surface area (Å²) in [6.45, 7) is 4.59. The summed E-state index contributed by atoms with van der Waals surface area (Å²) in [6, 6.07) is 11.4. The first-order valence-electron chi connectivity index (χ1n) is 6.37. The van der Waals surface area contributed by atoms with Crippen LogP contribution in [0.3, 0.4) is 0 Å². The van der Waals surface area contributed by atoms with Crippen molar-refractivity contribution in [1.82, 2.24) is 4.90 Å². The molecule has 1 aromatic rings. The fourth-order valence-electron chi connectivity index (χ4n) is 2.74. The molecule has 0 bridgehead atoms. The SMILES string of the molecule is CCCN1CCCC(N)C1c1ccccc1. The van der Waals surface area contributed by atoms with Crippen molar-refractivity contribution in [2.75, 3.05) is 13.1 Å². The van der Waals surface area contributed by atoms with Gasteiger partial charge in [-0.25, -0.2) is 0 Å². The molecule has 16 heavy (non-hydrogen) atoms. The molecule has 88 valence electrons. The molecule has 1 aliphatic heterocycles. The van der Waals surface area contributed by atoms with Crippen molar-refractivity contribution in [3.63, 3.8) is 0 Å². The molecule has 0 aromatic heterocycles. The third-order valence-corrected chi connectivity index (χ3v) is 3.43. The zero-order valence-electron chi connectivity index (χ0n) is 10.1. The maximum Gasteiger partial charge on any atom is 0.0499 e. The van der Waals surface area contributed by atoms with E-state index in [-0.39, 0.29) is 0 Å². The molecule has 0 amide bonds. The van der Waals surface area contributed by atoms with E-state index in [4.69, 9.17) is 5.73 Å². The normalized spacial score (nSPS) is 26.9. The number of nitrogens with zero attached hydrogens (tertiary/aromatic N) is 1. The lowest BCUT2D eigenvalue weighted by Crippen LogP contribution is -2.46. The van der Waals surface area contributed by atoms with E-state index in [9.17, 15) is 0 Å². The minimum atomic E-state index is 0.294. The second-order valence-electron chi connectivity index (χ2n) is 4.70. The van der Waals surface area contributed by atoms with Crippen molar-refractivity contribution in [2.45, 2.75) is 38.3 Å². The van der Waals surface area contributed by atoms with Gasteiger partial charge in [0.1, 0.15) is 0 Å². The van der Waals surface area contributed by atoms with Crippen LogP contribution in [0.4, 0.5) is 0 Å². The van der Waals surface area contributed by atoms with Gasteiger partial charge >= 0.3 is 0 Å². The predicted octanol–water partition coefficient (Wildman–Crippen LogP) is 2.56. The summed E-state index contributed by atoms with van der Waals surface area (Å²) in [5, 5.41) is 0. The van der Waals surface area contributed by atoms with Crippen LogP contribution >= 0.6 is 0 Å². The Kier molecular flexibility index (Phi) is 3.97. The summed E-state index contributed by atoms with van der Waals surface area (Å²) in [5.41, 5.74) is 7.67. The molecule has 1 aromatic carbocycles. The monoisotopic (exact) mass is 218 g/mol. The van der Waals surface area contributed by atoms with Gasteiger partial charge in [-0.15, -0.1) is 0 Å². The molecular formula is C14H22N2. The smallest absolute Gasteiger partial charge is 0.0499 e. The average molecular weight is 218 g/mol. The van der Waals surface area contributed by atoms with Crippen LogP contribution in [-0.2, 0) is 0 Å². The largest absolute Gasteiger partial charge is 0.326 e. The number of likely N-dealkylation sites (tertiary alicyclic amines) is 1. The van der Waals surface area contributed by atoms with E-state index < -0.39 is 0 Å². The molecular weight excluding hydrogens is 196 g/mol. The van der Waals surface area contributed by atoms with Crippen molar-refractivity contribution in [3.05, 3.63) is 35.9 Å². The van der Waals surface area contributed by atoms with Crippen molar-refractivity contribution in [3.8, 4) is 0 Å². The van der Waals surface area contributed by atoms with Crippen molar-refractivity contribution < 1.29 is 0 Å². The van der Waals surface area contributed by atoms with E-state index in [1.54, 1.807) is 0 Å². The number of hydrogen-bond acceptors (Lipinski definition) is 2. The number of rotatable bonds is 3. The maximum atomic E-state index is 6.29. The molecule has 1 saturated heterocycles. The van der Waals surface area contributed by atoms with Gasteiger partial charge in [0.2, 0.25) is 0 Å². The van der Waals surface area contributed by atoms with E-state index in [0.29, 0.717) is 12.1 Å². The van der Waals surface area contributed by atoms with E-state index in [2.05, 4.69) is 42.2 Å². The van der Waals surface area contributed by atoms with Gasteiger partial charge in [-0.05, 0) is 37.9 Å². The molecule has 1 fully saturated rings. The van der Waals surface area contributed by atoms with Crippen LogP contribution in [0.25, 0.3) is 0 Å². The molecule has 1 aliphatic rings. The number of benzene rings is 1. The van der Waals surface area contributed by atoms with Crippen molar-refractivity contribution >= 4 is 0 Å². The number of hydrogen-bond donors (Lipinski definition) is 1. The first kappa shape index (κ1) is 11.6. The van der Waals surface area contributed by atoms with E-state index >= 15 is 0 Å². The highest BCUT2D eigenvalue weighted by atomic mass is 15.2. The summed E-state index contributed by atoms with van der Waals surface area (Å²) < 4.78 is 0. The molecule has 2 atom stereocenters. The van der Waals surface area contributed by atoms with Crippen LogP contribution in [-0.4, -0.2) is 24.0 Å². The van der Waals surface area contributed by atoms with Crippen molar-refractivity contribution in [2.24, 2.45) is 5.73 Å². The molecule has 2 N–H and O–H groups in total. The summed E-state index contributed by atoms with van der Waals surface area (Å²) in [6.07, 6.45) is 3.60. The zero-order valence-corrected chi connectivity index (χ0v) is 10.1. The van der Waals surface area contributed by atoms with E-state index in [0.717, 1.165) is 13.0 Å². The molecule has 0 radical (unpaired) electrons. The van der Waals surface area contributed by atoms with Gasteiger partial charge in [0.25, 0.3) is 0 Å². The van der Waals surface area contributed by atoms with Crippen LogP contribution in [0.15, 0.2) is 30.3 Å². The number of piperidine rings is 1. The Labute approximate surface area is 98.4 Å². The molecule has 1 heterocycles. The molecule has 2 nitrogen and oxygen atoms in total. The molecule has 2 heteroatoms. The van der Waals surface area contributed by atoms with Crippen LogP contribution in [0.1, 0.15) is 37.8 Å². The molecule has 0 saturated carbocycles. The van der Waals surface area contributed by atoms with Gasteiger partial charge in [-0.2, -0.15) is 0 Å². The Morgan fingerprint density at radius 2 is 2.06 bits per heavy atom. The van der Waals surface area contributed by atoms with Gasteiger partial charge in [-0.1, -0.05) is 37.3 Å². The molecule has 0 aliphatic carbocycles. The minimum absolute atomic E-state index is 0.294. The Morgan fingerprint density at radius 3 is 2.75 bits per heavy atom. The highest BCUT2D eigenvalue weighted by Gasteiger charge is 2.29.